The Hall–Kier alpha value is -1.88. The van der Waals surface area contributed by atoms with Crippen LogP contribution in [0.3, 0.4) is 0 Å². The maximum absolute atomic E-state index is 13.1. The average molecular weight is 427 g/mol. The number of rotatable bonds is 8. The average Bonchev–Trinajstić information content (AvgIpc) is 3.17. The monoisotopic (exact) mass is 426 g/mol. The van der Waals surface area contributed by atoms with E-state index in [0.717, 1.165) is 17.8 Å². The second-order valence-electron chi connectivity index (χ2n) is 7.59. The van der Waals surface area contributed by atoms with Crippen molar-refractivity contribution in [2.24, 2.45) is 0 Å². The number of benzene rings is 1. The van der Waals surface area contributed by atoms with Crippen molar-refractivity contribution in [1.29, 1.82) is 0 Å². The molecule has 0 amide bonds. The van der Waals surface area contributed by atoms with E-state index in [0.29, 0.717) is 31.7 Å². The van der Waals surface area contributed by atoms with Gasteiger partial charge in [-0.15, -0.1) is 5.10 Å². The normalized spacial score (nSPS) is 22.9. The van der Waals surface area contributed by atoms with Crippen molar-refractivity contribution in [2.45, 2.75) is 68.7 Å². The van der Waals surface area contributed by atoms with E-state index in [2.05, 4.69) is 28.9 Å². The van der Waals surface area contributed by atoms with Gasteiger partial charge in [0.2, 0.25) is 10.0 Å². The molecule has 0 aliphatic carbocycles. The number of hydrogen-bond donors (Lipinski definition) is 2. The maximum Gasteiger partial charge on any atom is 0.240 e. The Morgan fingerprint density at radius 2 is 2.03 bits per heavy atom. The van der Waals surface area contributed by atoms with E-state index in [-0.39, 0.29) is 17.6 Å². The van der Waals surface area contributed by atoms with E-state index in [1.165, 1.54) is 12.1 Å². The number of ether oxygens (including phenoxy) is 1. The van der Waals surface area contributed by atoms with Gasteiger partial charge in [0.15, 0.2) is 0 Å². The fourth-order valence-corrected chi connectivity index (χ4v) is 4.62. The standard InChI is InChI=1S/C19H27FN4O4S/c1-13(2)18-11-24(23-21-18)10-9-15-5-8-17(19(12-25)28-15)22-29(26,27)16-6-3-14(20)4-7-16/h3-4,6-7,11,13,15,17,19,22,25H,5,8-10,12H2,1-2H3/t15-,17-,19-/m1/s1. The molecule has 10 heteroatoms. The predicted molar refractivity (Wildman–Crippen MR) is 104 cm³/mol. The van der Waals surface area contributed by atoms with Gasteiger partial charge >= 0.3 is 0 Å². The minimum Gasteiger partial charge on any atom is -0.394 e. The topological polar surface area (TPSA) is 106 Å². The molecule has 2 aromatic rings. The van der Waals surface area contributed by atoms with Crippen LogP contribution in [0.2, 0.25) is 0 Å². The first-order valence-electron chi connectivity index (χ1n) is 9.72. The summed E-state index contributed by atoms with van der Waals surface area (Å²) in [4.78, 5) is -0.0233. The molecule has 0 saturated carbocycles. The molecule has 3 atom stereocenters. The maximum atomic E-state index is 13.1. The Balaban J connectivity index is 1.56. The number of nitrogens with one attached hydrogen (secondary N) is 1. The number of aliphatic hydroxyl groups is 1. The second-order valence-corrected chi connectivity index (χ2v) is 9.30. The summed E-state index contributed by atoms with van der Waals surface area (Å²) in [5, 5.41) is 17.9. The first kappa shape index (κ1) is 21.8. The highest BCUT2D eigenvalue weighted by molar-refractivity contribution is 7.89. The number of nitrogens with zero attached hydrogens (tertiary/aromatic N) is 3. The molecule has 29 heavy (non-hydrogen) atoms. The number of sulfonamides is 1. The quantitative estimate of drug-likeness (QED) is 0.667. The Kier molecular flexibility index (Phi) is 6.99. The first-order chi connectivity index (χ1) is 13.8. The zero-order valence-corrected chi connectivity index (χ0v) is 17.3. The van der Waals surface area contributed by atoms with Crippen molar-refractivity contribution in [3.05, 3.63) is 42.0 Å². The summed E-state index contributed by atoms with van der Waals surface area (Å²) in [5.41, 5.74) is 0.929. The highest BCUT2D eigenvalue weighted by Crippen LogP contribution is 2.24. The van der Waals surface area contributed by atoms with E-state index < -0.39 is 28.0 Å². The van der Waals surface area contributed by atoms with Crippen molar-refractivity contribution < 1.29 is 22.7 Å². The molecule has 2 heterocycles. The van der Waals surface area contributed by atoms with Gasteiger partial charge in [-0.3, -0.25) is 4.68 Å². The smallest absolute Gasteiger partial charge is 0.240 e. The van der Waals surface area contributed by atoms with Crippen LogP contribution in [0.15, 0.2) is 35.4 Å². The van der Waals surface area contributed by atoms with Gasteiger partial charge in [0.25, 0.3) is 0 Å². The minimum absolute atomic E-state index is 0.0233. The molecule has 1 saturated heterocycles. The molecule has 2 N–H and O–H groups in total. The Morgan fingerprint density at radius 3 is 2.66 bits per heavy atom. The number of aliphatic hydroxyl groups excluding tert-OH is 1. The van der Waals surface area contributed by atoms with E-state index in [1.54, 1.807) is 4.68 Å². The highest BCUT2D eigenvalue weighted by Gasteiger charge is 2.34. The van der Waals surface area contributed by atoms with Crippen LogP contribution in [-0.4, -0.2) is 53.4 Å². The summed E-state index contributed by atoms with van der Waals surface area (Å²) in [6.45, 7) is 4.44. The fourth-order valence-electron chi connectivity index (χ4n) is 3.32. The largest absolute Gasteiger partial charge is 0.394 e. The molecule has 8 nitrogen and oxygen atoms in total. The lowest BCUT2D eigenvalue weighted by Crippen LogP contribution is -2.50. The highest BCUT2D eigenvalue weighted by atomic mass is 32.2. The molecule has 1 aliphatic rings. The zero-order chi connectivity index (χ0) is 21.0. The molecular weight excluding hydrogens is 399 g/mol. The van der Waals surface area contributed by atoms with Gasteiger partial charge in [0, 0.05) is 12.7 Å². The van der Waals surface area contributed by atoms with Crippen molar-refractivity contribution >= 4 is 10.0 Å². The van der Waals surface area contributed by atoms with Crippen LogP contribution in [0.1, 0.15) is 44.7 Å². The van der Waals surface area contributed by atoms with Crippen LogP contribution in [0.5, 0.6) is 0 Å². The van der Waals surface area contributed by atoms with Gasteiger partial charge < -0.3 is 9.84 Å². The van der Waals surface area contributed by atoms with Crippen molar-refractivity contribution in [3.63, 3.8) is 0 Å². The van der Waals surface area contributed by atoms with Crippen molar-refractivity contribution in [1.82, 2.24) is 19.7 Å². The van der Waals surface area contributed by atoms with Gasteiger partial charge in [0.1, 0.15) is 5.82 Å². The van der Waals surface area contributed by atoms with Gasteiger partial charge in [0.05, 0.1) is 35.4 Å². The fraction of sp³-hybridized carbons (Fsp3) is 0.579. The van der Waals surface area contributed by atoms with Crippen LogP contribution >= 0.6 is 0 Å². The molecule has 1 aromatic carbocycles. The second kappa shape index (κ2) is 9.29. The molecular formula is C19H27FN4O4S. The number of aromatic nitrogens is 3. The van der Waals surface area contributed by atoms with Crippen molar-refractivity contribution in [2.75, 3.05) is 6.61 Å². The Morgan fingerprint density at radius 1 is 1.31 bits per heavy atom. The van der Waals surface area contributed by atoms with E-state index in [1.807, 2.05) is 6.20 Å². The van der Waals surface area contributed by atoms with Crippen LogP contribution < -0.4 is 4.72 Å². The molecule has 1 aliphatic heterocycles. The van der Waals surface area contributed by atoms with E-state index >= 15 is 0 Å². The minimum atomic E-state index is -3.83. The lowest BCUT2D eigenvalue weighted by Gasteiger charge is -2.36. The Labute approximate surface area is 170 Å². The van der Waals surface area contributed by atoms with Gasteiger partial charge in [-0.25, -0.2) is 17.5 Å². The number of hydrogen-bond acceptors (Lipinski definition) is 6. The lowest BCUT2D eigenvalue weighted by molar-refractivity contribution is -0.0891. The van der Waals surface area contributed by atoms with Crippen molar-refractivity contribution in [3.8, 4) is 0 Å². The van der Waals surface area contributed by atoms with Gasteiger partial charge in [-0.2, -0.15) is 0 Å². The van der Waals surface area contributed by atoms with E-state index in [4.69, 9.17) is 4.74 Å². The van der Waals surface area contributed by atoms with Gasteiger partial charge in [-0.05, 0) is 49.4 Å². The third-order valence-corrected chi connectivity index (χ3v) is 6.56. The lowest BCUT2D eigenvalue weighted by atomic mass is 9.98. The third-order valence-electron chi connectivity index (χ3n) is 5.05. The summed E-state index contributed by atoms with van der Waals surface area (Å²) in [6.07, 6.45) is 3.03. The summed E-state index contributed by atoms with van der Waals surface area (Å²) in [7, 11) is -3.83. The SMILES string of the molecule is CC(C)c1cn(CC[C@H]2CC[C@@H](NS(=O)(=O)c3ccc(F)cc3)[C@@H](CO)O2)nn1. The molecule has 0 bridgehead atoms. The molecule has 0 spiro atoms. The predicted octanol–water partition coefficient (Wildman–Crippen LogP) is 1.82. The number of halogens is 1. The van der Waals surface area contributed by atoms with Crippen LogP contribution in [0, 0.1) is 5.82 Å². The zero-order valence-electron chi connectivity index (χ0n) is 16.5. The summed E-state index contributed by atoms with van der Waals surface area (Å²) >= 11 is 0. The molecule has 1 aromatic heterocycles. The summed E-state index contributed by atoms with van der Waals surface area (Å²) in [5.74, 6) is -0.197. The summed E-state index contributed by atoms with van der Waals surface area (Å²) in [6, 6.07) is 4.06. The van der Waals surface area contributed by atoms with E-state index in [9.17, 15) is 17.9 Å². The Bertz CT molecular complexity index is 901. The van der Waals surface area contributed by atoms with Crippen LogP contribution in [0.4, 0.5) is 4.39 Å². The molecule has 160 valence electrons. The van der Waals surface area contributed by atoms with Crippen LogP contribution in [-0.2, 0) is 21.3 Å². The summed E-state index contributed by atoms with van der Waals surface area (Å²) < 4.78 is 48.4. The molecule has 0 unspecified atom stereocenters. The van der Waals surface area contributed by atoms with Gasteiger partial charge in [-0.1, -0.05) is 19.1 Å². The third kappa shape index (κ3) is 5.59. The molecule has 3 rings (SSSR count). The van der Waals surface area contributed by atoms with Crippen LogP contribution in [0.25, 0.3) is 0 Å². The number of aryl methyl sites for hydroxylation is 1. The molecule has 0 radical (unpaired) electrons. The molecule has 1 fully saturated rings. The first-order valence-corrected chi connectivity index (χ1v) is 11.2.